The van der Waals surface area contributed by atoms with Gasteiger partial charge in [0.05, 0.1) is 0 Å². The van der Waals surface area contributed by atoms with Gasteiger partial charge in [-0.05, 0) is 43.7 Å². The third-order valence-electron chi connectivity index (χ3n) is 5.29. The highest BCUT2D eigenvalue weighted by atomic mass is 16.5. The molecule has 0 saturated carbocycles. The van der Waals surface area contributed by atoms with Gasteiger partial charge in [-0.2, -0.15) is 0 Å². The van der Waals surface area contributed by atoms with Crippen molar-refractivity contribution in [2.45, 2.75) is 39.2 Å². The Bertz CT molecular complexity index is 609. The average Bonchev–Trinajstić information content (AvgIpc) is 2.88. The van der Waals surface area contributed by atoms with Gasteiger partial charge in [-0.3, -0.25) is 9.59 Å². The predicted octanol–water partition coefficient (Wildman–Crippen LogP) is 2.24. The fraction of sp³-hybridized carbons (Fsp3) is 0.600. The lowest BCUT2D eigenvalue weighted by molar-refractivity contribution is -0.143. The molecule has 5 nitrogen and oxygen atoms in total. The van der Waals surface area contributed by atoms with Gasteiger partial charge in [0.25, 0.3) is 0 Å². The van der Waals surface area contributed by atoms with Crippen LogP contribution in [0.25, 0.3) is 0 Å². The van der Waals surface area contributed by atoms with Gasteiger partial charge < -0.3 is 14.5 Å². The Kier molecular flexibility index (Phi) is 6.08. The Morgan fingerprint density at radius 2 is 1.80 bits per heavy atom. The van der Waals surface area contributed by atoms with E-state index in [0.717, 1.165) is 38.8 Å². The summed E-state index contributed by atoms with van der Waals surface area (Å²) in [6.45, 7) is 5.46. The number of piperidine rings is 1. The quantitative estimate of drug-likeness (QED) is 0.842. The average molecular weight is 344 g/mol. The van der Waals surface area contributed by atoms with Gasteiger partial charge in [0.1, 0.15) is 6.61 Å². The van der Waals surface area contributed by atoms with Crippen molar-refractivity contribution < 1.29 is 14.3 Å². The zero-order valence-electron chi connectivity index (χ0n) is 15.1. The maximum absolute atomic E-state index is 13.0. The smallest absolute Gasteiger partial charge is 0.248 e. The summed E-state index contributed by atoms with van der Waals surface area (Å²) in [4.78, 5) is 28.8. The minimum atomic E-state index is 0.0384. The van der Waals surface area contributed by atoms with Gasteiger partial charge in [-0.15, -0.1) is 0 Å². The summed E-state index contributed by atoms with van der Waals surface area (Å²) >= 11 is 0. The van der Waals surface area contributed by atoms with Crippen molar-refractivity contribution in [1.29, 1.82) is 0 Å². The molecule has 0 bridgehead atoms. The Morgan fingerprint density at radius 3 is 2.52 bits per heavy atom. The van der Waals surface area contributed by atoms with Crippen molar-refractivity contribution in [3.05, 3.63) is 35.4 Å². The highest BCUT2D eigenvalue weighted by molar-refractivity contribution is 5.80. The van der Waals surface area contributed by atoms with Crippen LogP contribution in [0.1, 0.15) is 37.3 Å². The molecule has 2 aliphatic heterocycles. The number of hydrogen-bond donors (Lipinski definition) is 0. The second kappa shape index (κ2) is 8.48. The van der Waals surface area contributed by atoms with Crippen molar-refractivity contribution in [2.75, 3.05) is 32.8 Å². The number of rotatable bonds is 4. The van der Waals surface area contributed by atoms with E-state index in [-0.39, 0.29) is 24.3 Å². The number of nitrogens with zero attached hydrogens (tertiary/aromatic N) is 2. The molecule has 1 saturated heterocycles. The van der Waals surface area contributed by atoms with E-state index < -0.39 is 0 Å². The van der Waals surface area contributed by atoms with Gasteiger partial charge in [-0.1, -0.05) is 24.3 Å². The number of carbonyl (C=O) groups is 2. The van der Waals surface area contributed by atoms with Gasteiger partial charge in [0, 0.05) is 38.7 Å². The van der Waals surface area contributed by atoms with E-state index in [9.17, 15) is 9.59 Å². The second-order valence-corrected chi connectivity index (χ2v) is 6.92. The van der Waals surface area contributed by atoms with Gasteiger partial charge in [0.15, 0.2) is 0 Å². The molecule has 2 heterocycles. The summed E-state index contributed by atoms with van der Waals surface area (Å²) in [5.74, 6) is 0.339. The van der Waals surface area contributed by atoms with Crippen LogP contribution in [-0.4, -0.2) is 54.5 Å². The van der Waals surface area contributed by atoms with E-state index in [4.69, 9.17) is 4.74 Å². The Hall–Kier alpha value is -1.88. The summed E-state index contributed by atoms with van der Waals surface area (Å²) in [5, 5.41) is 0. The first kappa shape index (κ1) is 17.9. The van der Waals surface area contributed by atoms with Crippen LogP contribution in [0.4, 0.5) is 0 Å². The number of ether oxygens (including phenoxy) is 1. The van der Waals surface area contributed by atoms with Crippen LogP contribution in [0.15, 0.2) is 24.3 Å². The van der Waals surface area contributed by atoms with Crippen LogP contribution < -0.4 is 0 Å². The van der Waals surface area contributed by atoms with Crippen molar-refractivity contribution in [1.82, 2.24) is 9.80 Å². The van der Waals surface area contributed by atoms with E-state index in [1.165, 1.54) is 11.1 Å². The van der Waals surface area contributed by atoms with Gasteiger partial charge >= 0.3 is 0 Å². The molecule has 0 spiro atoms. The SMILES string of the molecule is CCOCC(=O)N1CCC(C(=O)N2CCCc3ccccc3C2)CC1. The third kappa shape index (κ3) is 4.40. The van der Waals surface area contributed by atoms with E-state index in [2.05, 4.69) is 24.3 Å². The molecule has 5 heteroatoms. The van der Waals surface area contributed by atoms with Crippen LogP contribution in [0.5, 0.6) is 0 Å². The topological polar surface area (TPSA) is 49.9 Å². The molecular formula is C20H28N2O3. The number of aryl methyl sites for hydroxylation is 1. The maximum atomic E-state index is 13.0. The van der Waals surface area contributed by atoms with Crippen LogP contribution in [0, 0.1) is 5.92 Å². The largest absolute Gasteiger partial charge is 0.372 e. The van der Waals surface area contributed by atoms with Crippen molar-refractivity contribution in [2.24, 2.45) is 5.92 Å². The fourth-order valence-electron chi connectivity index (χ4n) is 3.80. The normalized spacial score (nSPS) is 18.6. The standard InChI is InChI=1S/C20H28N2O3/c1-2-25-15-19(23)21-12-9-17(10-13-21)20(24)22-11-5-8-16-6-3-4-7-18(16)14-22/h3-4,6-7,17H,2,5,8-15H2,1H3. The number of hydrogen-bond acceptors (Lipinski definition) is 3. The van der Waals surface area contributed by atoms with Crippen LogP contribution in [0.2, 0.25) is 0 Å². The first-order valence-corrected chi connectivity index (χ1v) is 9.40. The summed E-state index contributed by atoms with van der Waals surface area (Å²) in [5.41, 5.74) is 2.65. The molecule has 0 unspecified atom stereocenters. The molecule has 0 N–H and O–H groups in total. The lowest BCUT2D eigenvalue weighted by atomic mass is 9.95. The summed E-state index contributed by atoms with van der Waals surface area (Å²) in [6.07, 6.45) is 3.59. The summed E-state index contributed by atoms with van der Waals surface area (Å²) < 4.78 is 5.20. The molecule has 1 aromatic carbocycles. The molecule has 2 amide bonds. The highest BCUT2D eigenvalue weighted by Gasteiger charge is 2.30. The van der Waals surface area contributed by atoms with Crippen LogP contribution in [-0.2, 0) is 27.3 Å². The predicted molar refractivity (Wildman–Crippen MR) is 96.0 cm³/mol. The number of fused-ring (bicyclic) bond motifs is 1. The molecule has 0 atom stereocenters. The lowest BCUT2D eigenvalue weighted by Crippen LogP contribution is -2.45. The molecule has 1 fully saturated rings. The number of amides is 2. The van der Waals surface area contributed by atoms with Gasteiger partial charge in [0.2, 0.25) is 11.8 Å². The Balaban J connectivity index is 1.55. The number of likely N-dealkylation sites (tertiary alicyclic amines) is 1. The molecule has 1 aromatic rings. The second-order valence-electron chi connectivity index (χ2n) is 6.92. The van der Waals surface area contributed by atoms with Crippen LogP contribution in [0.3, 0.4) is 0 Å². The first-order chi connectivity index (χ1) is 12.2. The van der Waals surface area contributed by atoms with Gasteiger partial charge in [-0.25, -0.2) is 0 Å². The monoisotopic (exact) mass is 344 g/mol. The Morgan fingerprint density at radius 1 is 1.08 bits per heavy atom. The molecular weight excluding hydrogens is 316 g/mol. The van der Waals surface area contributed by atoms with E-state index in [1.807, 2.05) is 16.7 Å². The van der Waals surface area contributed by atoms with Crippen molar-refractivity contribution in [3.63, 3.8) is 0 Å². The van der Waals surface area contributed by atoms with Crippen molar-refractivity contribution >= 4 is 11.8 Å². The molecule has 2 aliphatic rings. The zero-order chi connectivity index (χ0) is 17.6. The van der Waals surface area contributed by atoms with E-state index in [1.54, 1.807) is 0 Å². The summed E-state index contributed by atoms with van der Waals surface area (Å²) in [7, 11) is 0. The molecule has 0 aromatic heterocycles. The summed E-state index contributed by atoms with van der Waals surface area (Å²) in [6, 6.07) is 8.43. The van der Waals surface area contributed by atoms with E-state index >= 15 is 0 Å². The van der Waals surface area contributed by atoms with Crippen molar-refractivity contribution in [3.8, 4) is 0 Å². The minimum absolute atomic E-state index is 0.0384. The Labute approximate surface area is 149 Å². The maximum Gasteiger partial charge on any atom is 0.248 e. The molecule has 0 radical (unpaired) electrons. The highest BCUT2D eigenvalue weighted by Crippen LogP contribution is 2.24. The minimum Gasteiger partial charge on any atom is -0.372 e. The lowest BCUT2D eigenvalue weighted by Gasteiger charge is -2.34. The number of carbonyl (C=O) groups excluding carboxylic acids is 2. The molecule has 25 heavy (non-hydrogen) atoms. The van der Waals surface area contributed by atoms with E-state index in [0.29, 0.717) is 19.7 Å². The molecule has 0 aliphatic carbocycles. The third-order valence-corrected chi connectivity index (χ3v) is 5.29. The van der Waals surface area contributed by atoms with Crippen LogP contribution >= 0.6 is 0 Å². The molecule has 3 rings (SSSR count). The molecule has 136 valence electrons. The fourth-order valence-corrected chi connectivity index (χ4v) is 3.80. The zero-order valence-corrected chi connectivity index (χ0v) is 15.1. The first-order valence-electron chi connectivity index (χ1n) is 9.40. The number of benzene rings is 1.